The lowest BCUT2D eigenvalue weighted by atomic mass is 10.0. The molecule has 1 heterocycles. The van der Waals surface area contributed by atoms with Crippen molar-refractivity contribution in [1.82, 2.24) is 9.62 Å². The first kappa shape index (κ1) is 22.5. The van der Waals surface area contributed by atoms with Crippen LogP contribution >= 0.6 is 0 Å². The van der Waals surface area contributed by atoms with E-state index < -0.39 is 16.1 Å². The molecule has 0 aliphatic carbocycles. The van der Waals surface area contributed by atoms with E-state index in [-0.39, 0.29) is 22.8 Å². The quantitative estimate of drug-likeness (QED) is 0.731. The minimum Gasteiger partial charge on any atom is -0.370 e. The lowest BCUT2D eigenvalue weighted by Crippen LogP contribution is -2.52. The molecule has 7 heteroatoms. The van der Waals surface area contributed by atoms with Crippen molar-refractivity contribution in [2.75, 3.05) is 19.7 Å². The molecule has 2 atom stereocenters. The van der Waals surface area contributed by atoms with Gasteiger partial charge in [-0.25, -0.2) is 8.42 Å². The number of hydrogen-bond acceptors (Lipinski definition) is 4. The molecule has 0 aromatic heterocycles. The molecule has 3 rings (SSSR count). The van der Waals surface area contributed by atoms with Gasteiger partial charge in [-0.1, -0.05) is 61.9 Å². The number of carbonyl (C=O) groups excluding carboxylic acids is 1. The third-order valence-corrected chi connectivity index (χ3v) is 6.67. The molecule has 1 amide bonds. The first-order valence-corrected chi connectivity index (χ1v) is 11.8. The lowest BCUT2D eigenvalue weighted by Gasteiger charge is -2.35. The maximum Gasteiger partial charge on any atom is 0.241 e. The smallest absolute Gasteiger partial charge is 0.241 e. The molecule has 1 aliphatic heterocycles. The fourth-order valence-corrected chi connectivity index (χ4v) is 4.78. The van der Waals surface area contributed by atoms with Gasteiger partial charge in [-0.05, 0) is 37.0 Å². The zero-order valence-corrected chi connectivity index (χ0v) is 18.6. The van der Waals surface area contributed by atoms with Crippen molar-refractivity contribution in [2.24, 2.45) is 5.92 Å². The van der Waals surface area contributed by atoms with Crippen LogP contribution in [0.15, 0.2) is 59.5 Å². The highest BCUT2D eigenvalue weighted by Crippen LogP contribution is 2.23. The molecule has 1 aliphatic rings. The van der Waals surface area contributed by atoms with Crippen LogP contribution in [0.25, 0.3) is 0 Å². The van der Waals surface area contributed by atoms with Crippen LogP contribution < -0.4 is 4.72 Å². The molecule has 30 heavy (non-hydrogen) atoms. The number of carbonyl (C=O) groups is 1. The van der Waals surface area contributed by atoms with E-state index in [0.717, 1.165) is 11.1 Å². The molecule has 162 valence electrons. The summed E-state index contributed by atoms with van der Waals surface area (Å²) in [5.41, 5.74) is 1.99. The Morgan fingerprint density at radius 3 is 2.43 bits per heavy atom. The molecule has 2 unspecified atom stereocenters. The van der Waals surface area contributed by atoms with Crippen LogP contribution in [0.3, 0.4) is 0 Å². The van der Waals surface area contributed by atoms with Gasteiger partial charge in [-0.2, -0.15) is 4.72 Å². The molecule has 2 aromatic rings. The maximum atomic E-state index is 13.3. The number of ether oxygens (including phenoxy) is 1. The predicted molar refractivity (Wildman–Crippen MR) is 116 cm³/mol. The number of benzene rings is 2. The van der Waals surface area contributed by atoms with Gasteiger partial charge in [0.1, 0.15) is 12.1 Å². The zero-order chi connectivity index (χ0) is 21.7. The van der Waals surface area contributed by atoms with Crippen LogP contribution in [-0.4, -0.2) is 45.0 Å². The third-order valence-electron chi connectivity index (χ3n) is 5.18. The first-order valence-electron chi connectivity index (χ1n) is 10.3. The van der Waals surface area contributed by atoms with E-state index in [0.29, 0.717) is 26.1 Å². The number of nitrogens with zero attached hydrogens (tertiary/aromatic N) is 1. The van der Waals surface area contributed by atoms with Gasteiger partial charge in [-0.3, -0.25) is 4.79 Å². The molecular weight excluding hydrogens is 400 g/mol. The Bertz CT molecular complexity index is 943. The van der Waals surface area contributed by atoms with Crippen LogP contribution in [0.2, 0.25) is 0 Å². The minimum atomic E-state index is -3.80. The van der Waals surface area contributed by atoms with E-state index in [2.05, 4.69) is 4.72 Å². The van der Waals surface area contributed by atoms with Crippen LogP contribution in [0, 0.1) is 12.8 Å². The Balaban J connectivity index is 1.77. The fraction of sp³-hybridized carbons (Fsp3) is 0.435. The zero-order valence-electron chi connectivity index (χ0n) is 17.7. The molecule has 1 N–H and O–H groups in total. The Labute approximate surface area is 179 Å². The van der Waals surface area contributed by atoms with Crippen molar-refractivity contribution >= 4 is 15.9 Å². The van der Waals surface area contributed by atoms with Crippen molar-refractivity contribution in [3.05, 3.63) is 65.7 Å². The summed E-state index contributed by atoms with van der Waals surface area (Å²) in [6.07, 6.45) is 0.217. The molecule has 1 saturated heterocycles. The highest BCUT2D eigenvalue weighted by atomic mass is 32.2. The summed E-state index contributed by atoms with van der Waals surface area (Å²) < 4.78 is 34.3. The predicted octanol–water partition coefficient (Wildman–Crippen LogP) is 3.29. The van der Waals surface area contributed by atoms with Crippen molar-refractivity contribution in [3.63, 3.8) is 0 Å². The van der Waals surface area contributed by atoms with Crippen molar-refractivity contribution < 1.29 is 17.9 Å². The standard InChI is InChI=1S/C23H30N2O4S/c1-17(2)15-21(24-30(27,28)20-11-9-18(3)10-12-20)23(26)25-13-14-29-22(16-25)19-7-5-4-6-8-19/h4-12,17,21-22,24H,13-16H2,1-3H3. The number of morpholine rings is 1. The van der Waals surface area contributed by atoms with Crippen LogP contribution in [0.5, 0.6) is 0 Å². The van der Waals surface area contributed by atoms with E-state index in [4.69, 9.17) is 4.74 Å². The minimum absolute atomic E-state index is 0.158. The Morgan fingerprint density at radius 1 is 1.13 bits per heavy atom. The van der Waals surface area contributed by atoms with Gasteiger partial charge in [0.05, 0.1) is 18.0 Å². The Morgan fingerprint density at radius 2 is 1.80 bits per heavy atom. The maximum absolute atomic E-state index is 13.3. The summed E-state index contributed by atoms with van der Waals surface area (Å²) in [6.45, 7) is 7.13. The second-order valence-corrected chi connectivity index (χ2v) is 9.88. The second kappa shape index (κ2) is 9.73. The molecule has 0 bridgehead atoms. The summed E-state index contributed by atoms with van der Waals surface area (Å²) in [5, 5.41) is 0. The summed E-state index contributed by atoms with van der Waals surface area (Å²) in [6, 6.07) is 15.6. The van der Waals surface area contributed by atoms with E-state index in [1.165, 1.54) is 0 Å². The summed E-state index contributed by atoms with van der Waals surface area (Å²) in [5.74, 6) is -0.0470. The molecular formula is C23H30N2O4S. The molecule has 1 fully saturated rings. The van der Waals surface area contributed by atoms with Gasteiger partial charge < -0.3 is 9.64 Å². The number of amides is 1. The van der Waals surface area contributed by atoms with E-state index in [9.17, 15) is 13.2 Å². The van der Waals surface area contributed by atoms with Gasteiger partial charge >= 0.3 is 0 Å². The molecule has 2 aromatic carbocycles. The number of sulfonamides is 1. The van der Waals surface area contributed by atoms with Gasteiger partial charge in [0.25, 0.3) is 0 Å². The Kier molecular flexibility index (Phi) is 7.28. The van der Waals surface area contributed by atoms with E-state index in [1.54, 1.807) is 29.2 Å². The Hall–Kier alpha value is -2.22. The number of aryl methyl sites for hydroxylation is 1. The average Bonchev–Trinajstić information content (AvgIpc) is 2.73. The molecule has 0 radical (unpaired) electrons. The number of hydrogen-bond donors (Lipinski definition) is 1. The lowest BCUT2D eigenvalue weighted by molar-refractivity contribution is -0.141. The van der Waals surface area contributed by atoms with Gasteiger partial charge in [0.2, 0.25) is 15.9 Å². The summed E-state index contributed by atoms with van der Waals surface area (Å²) >= 11 is 0. The molecule has 0 saturated carbocycles. The highest BCUT2D eigenvalue weighted by molar-refractivity contribution is 7.89. The fourth-order valence-electron chi connectivity index (χ4n) is 3.58. The van der Waals surface area contributed by atoms with E-state index >= 15 is 0 Å². The topological polar surface area (TPSA) is 75.7 Å². The number of rotatable bonds is 7. The van der Waals surface area contributed by atoms with Crippen LogP contribution in [0.4, 0.5) is 0 Å². The largest absolute Gasteiger partial charge is 0.370 e. The summed E-state index contributed by atoms with van der Waals surface area (Å²) in [4.78, 5) is 15.2. The van der Waals surface area contributed by atoms with E-state index in [1.807, 2.05) is 51.1 Å². The normalized spacial score (nSPS) is 18.4. The van der Waals surface area contributed by atoms with Crippen molar-refractivity contribution in [2.45, 2.75) is 44.2 Å². The summed E-state index contributed by atoms with van der Waals surface area (Å²) in [7, 11) is -3.80. The molecule has 0 spiro atoms. The third kappa shape index (κ3) is 5.68. The van der Waals surface area contributed by atoms with Crippen LogP contribution in [-0.2, 0) is 19.6 Å². The second-order valence-electron chi connectivity index (χ2n) is 8.17. The van der Waals surface area contributed by atoms with Crippen molar-refractivity contribution in [3.8, 4) is 0 Å². The van der Waals surface area contributed by atoms with Gasteiger partial charge in [0.15, 0.2) is 0 Å². The van der Waals surface area contributed by atoms with Gasteiger partial charge in [-0.15, -0.1) is 0 Å². The first-order chi connectivity index (χ1) is 14.3. The SMILES string of the molecule is Cc1ccc(S(=O)(=O)NC(CC(C)C)C(=O)N2CCOC(c3ccccc3)C2)cc1. The van der Waals surface area contributed by atoms with Crippen LogP contribution in [0.1, 0.15) is 37.5 Å². The molecule has 6 nitrogen and oxygen atoms in total. The monoisotopic (exact) mass is 430 g/mol. The van der Waals surface area contributed by atoms with Gasteiger partial charge in [0, 0.05) is 6.54 Å². The highest BCUT2D eigenvalue weighted by Gasteiger charge is 2.33. The van der Waals surface area contributed by atoms with Crippen molar-refractivity contribution in [1.29, 1.82) is 0 Å². The number of nitrogens with one attached hydrogen (secondary N) is 1. The average molecular weight is 431 g/mol.